The maximum absolute atomic E-state index is 12.5. The number of nitrogens with two attached hydrogens (primary N) is 1. The highest BCUT2D eigenvalue weighted by molar-refractivity contribution is 5.97. The monoisotopic (exact) mass is 378 g/mol. The van der Waals surface area contributed by atoms with Gasteiger partial charge in [-0.2, -0.15) is 0 Å². The standard InChI is InChI=1S/C17H18N4O4.ClH/c18-11-16(22)20-15(10-12-4-2-1-3-5-12)17(23)19-13-6-8-14(9-7-13)21(24)25;/h1-9,15H,10-11,18H2,(H,19,23)(H,20,22);1H/t15-;/m0./s1. The molecule has 2 amide bonds. The van der Waals surface area contributed by atoms with Gasteiger partial charge in [-0.25, -0.2) is 0 Å². The number of rotatable bonds is 7. The highest BCUT2D eigenvalue weighted by Gasteiger charge is 2.21. The minimum absolute atomic E-state index is 0. The first-order valence-corrected chi connectivity index (χ1v) is 7.58. The molecular weight excluding hydrogens is 360 g/mol. The summed E-state index contributed by atoms with van der Waals surface area (Å²) in [6.45, 7) is -0.226. The van der Waals surface area contributed by atoms with Crippen LogP contribution in [0.4, 0.5) is 11.4 Å². The Labute approximate surface area is 156 Å². The zero-order chi connectivity index (χ0) is 18.2. The molecule has 0 aliphatic heterocycles. The summed E-state index contributed by atoms with van der Waals surface area (Å²) in [5.74, 6) is -0.876. The Bertz CT molecular complexity index is 753. The Balaban J connectivity index is 0.00000338. The largest absolute Gasteiger partial charge is 0.343 e. The molecule has 0 unspecified atom stereocenters. The average molecular weight is 379 g/mol. The molecule has 0 fully saturated rings. The number of hydrogen-bond acceptors (Lipinski definition) is 5. The molecule has 0 saturated carbocycles. The maximum Gasteiger partial charge on any atom is 0.269 e. The molecule has 0 aromatic heterocycles. The van der Waals surface area contributed by atoms with Crippen LogP contribution in [-0.2, 0) is 16.0 Å². The van der Waals surface area contributed by atoms with Gasteiger partial charge in [0, 0.05) is 24.2 Å². The summed E-state index contributed by atoms with van der Waals surface area (Å²) in [5, 5.41) is 15.9. The van der Waals surface area contributed by atoms with E-state index in [0.29, 0.717) is 12.1 Å². The Morgan fingerprint density at radius 3 is 2.23 bits per heavy atom. The second kappa shape index (κ2) is 10.1. The average Bonchev–Trinajstić information content (AvgIpc) is 2.62. The van der Waals surface area contributed by atoms with Crippen LogP contribution in [0.2, 0.25) is 0 Å². The van der Waals surface area contributed by atoms with E-state index in [4.69, 9.17) is 5.73 Å². The van der Waals surface area contributed by atoms with Crippen molar-refractivity contribution in [3.8, 4) is 0 Å². The third kappa shape index (κ3) is 6.15. The maximum atomic E-state index is 12.5. The summed E-state index contributed by atoms with van der Waals surface area (Å²) < 4.78 is 0. The van der Waals surface area contributed by atoms with Gasteiger partial charge >= 0.3 is 0 Å². The fourth-order valence-electron chi connectivity index (χ4n) is 2.21. The first kappa shape index (κ1) is 21.1. The lowest BCUT2D eigenvalue weighted by atomic mass is 10.0. The van der Waals surface area contributed by atoms with Crippen molar-refractivity contribution in [3.05, 3.63) is 70.3 Å². The normalized spacial score (nSPS) is 11.0. The van der Waals surface area contributed by atoms with E-state index in [1.807, 2.05) is 30.3 Å². The van der Waals surface area contributed by atoms with E-state index in [9.17, 15) is 19.7 Å². The second-order valence-electron chi connectivity index (χ2n) is 5.31. The van der Waals surface area contributed by atoms with Crippen LogP contribution >= 0.6 is 12.4 Å². The molecule has 0 aliphatic rings. The molecule has 2 rings (SSSR count). The minimum Gasteiger partial charge on any atom is -0.343 e. The molecule has 0 saturated heterocycles. The quantitative estimate of drug-likeness (QED) is 0.498. The topological polar surface area (TPSA) is 127 Å². The van der Waals surface area contributed by atoms with Crippen molar-refractivity contribution in [1.82, 2.24) is 5.32 Å². The Hall–Kier alpha value is -2.97. The fourth-order valence-corrected chi connectivity index (χ4v) is 2.21. The molecule has 138 valence electrons. The summed E-state index contributed by atoms with van der Waals surface area (Å²) >= 11 is 0. The van der Waals surface area contributed by atoms with Gasteiger partial charge in [-0.3, -0.25) is 19.7 Å². The summed E-state index contributed by atoms with van der Waals surface area (Å²) in [5.41, 5.74) is 6.51. The highest BCUT2D eigenvalue weighted by Crippen LogP contribution is 2.16. The number of halogens is 1. The third-order valence-corrected chi connectivity index (χ3v) is 3.47. The smallest absolute Gasteiger partial charge is 0.269 e. The molecule has 0 spiro atoms. The summed E-state index contributed by atoms with van der Waals surface area (Å²) in [7, 11) is 0. The van der Waals surface area contributed by atoms with Gasteiger partial charge in [0.1, 0.15) is 6.04 Å². The number of amides is 2. The van der Waals surface area contributed by atoms with Gasteiger partial charge in [-0.15, -0.1) is 12.4 Å². The molecule has 9 heteroatoms. The summed E-state index contributed by atoms with van der Waals surface area (Å²) in [6.07, 6.45) is 0.297. The van der Waals surface area contributed by atoms with Crippen molar-refractivity contribution >= 4 is 35.6 Å². The number of nitrogens with zero attached hydrogens (tertiary/aromatic N) is 1. The highest BCUT2D eigenvalue weighted by atomic mass is 35.5. The van der Waals surface area contributed by atoms with Crippen LogP contribution < -0.4 is 16.4 Å². The van der Waals surface area contributed by atoms with E-state index in [1.54, 1.807) is 0 Å². The van der Waals surface area contributed by atoms with Gasteiger partial charge in [-0.1, -0.05) is 30.3 Å². The number of carbonyl (C=O) groups excluding carboxylic acids is 2. The molecule has 0 radical (unpaired) electrons. The van der Waals surface area contributed by atoms with Crippen LogP contribution in [0.15, 0.2) is 54.6 Å². The molecule has 26 heavy (non-hydrogen) atoms. The van der Waals surface area contributed by atoms with Gasteiger partial charge in [0.2, 0.25) is 11.8 Å². The van der Waals surface area contributed by atoms with Crippen LogP contribution in [0, 0.1) is 10.1 Å². The van der Waals surface area contributed by atoms with Crippen LogP contribution in [0.1, 0.15) is 5.56 Å². The van der Waals surface area contributed by atoms with Gasteiger partial charge in [0.05, 0.1) is 11.5 Å². The molecule has 1 atom stereocenters. The van der Waals surface area contributed by atoms with Crippen molar-refractivity contribution in [2.45, 2.75) is 12.5 Å². The van der Waals surface area contributed by atoms with Crippen LogP contribution in [0.5, 0.6) is 0 Å². The molecule has 8 nitrogen and oxygen atoms in total. The molecule has 2 aromatic carbocycles. The molecule has 2 aromatic rings. The minimum atomic E-state index is -0.811. The second-order valence-corrected chi connectivity index (χ2v) is 5.31. The van der Waals surface area contributed by atoms with E-state index >= 15 is 0 Å². The predicted molar refractivity (Wildman–Crippen MR) is 100 cm³/mol. The Morgan fingerprint density at radius 2 is 1.69 bits per heavy atom. The molecular formula is C17H19ClN4O4. The van der Waals surface area contributed by atoms with Crippen molar-refractivity contribution in [2.24, 2.45) is 5.73 Å². The number of anilines is 1. The van der Waals surface area contributed by atoms with Crippen LogP contribution in [0.25, 0.3) is 0 Å². The zero-order valence-corrected chi connectivity index (χ0v) is 14.6. The summed E-state index contributed by atoms with van der Waals surface area (Å²) in [4.78, 5) is 34.2. The molecule has 0 aliphatic carbocycles. The first-order valence-electron chi connectivity index (χ1n) is 7.58. The van der Waals surface area contributed by atoms with E-state index in [1.165, 1.54) is 24.3 Å². The van der Waals surface area contributed by atoms with Crippen molar-refractivity contribution in [1.29, 1.82) is 0 Å². The van der Waals surface area contributed by atoms with E-state index < -0.39 is 22.8 Å². The van der Waals surface area contributed by atoms with Crippen molar-refractivity contribution in [2.75, 3.05) is 11.9 Å². The lowest BCUT2D eigenvalue weighted by molar-refractivity contribution is -0.384. The first-order chi connectivity index (χ1) is 12.0. The number of benzene rings is 2. The third-order valence-electron chi connectivity index (χ3n) is 3.47. The number of nitrogens with one attached hydrogen (secondary N) is 2. The van der Waals surface area contributed by atoms with E-state index in [0.717, 1.165) is 5.56 Å². The van der Waals surface area contributed by atoms with Crippen molar-refractivity contribution in [3.63, 3.8) is 0 Å². The Kier molecular flexibility index (Phi) is 8.20. The number of non-ortho nitro benzene ring substituents is 1. The molecule has 0 bridgehead atoms. The van der Waals surface area contributed by atoms with Gasteiger partial charge < -0.3 is 16.4 Å². The molecule has 0 heterocycles. The number of hydrogen-bond donors (Lipinski definition) is 3. The zero-order valence-electron chi connectivity index (χ0n) is 13.8. The van der Waals surface area contributed by atoms with E-state index in [2.05, 4.69) is 10.6 Å². The number of nitro benzene ring substituents is 1. The molecule has 4 N–H and O–H groups in total. The van der Waals surface area contributed by atoms with Gasteiger partial charge in [0.25, 0.3) is 5.69 Å². The van der Waals surface area contributed by atoms with E-state index in [-0.39, 0.29) is 24.6 Å². The SMILES string of the molecule is Cl.NCC(=O)N[C@@H](Cc1ccccc1)C(=O)Nc1ccc([N+](=O)[O-])cc1. The number of nitro groups is 1. The number of carbonyl (C=O) groups is 2. The lowest BCUT2D eigenvalue weighted by Gasteiger charge is -2.18. The van der Waals surface area contributed by atoms with Gasteiger partial charge in [-0.05, 0) is 17.7 Å². The predicted octanol–water partition coefficient (Wildman–Crippen LogP) is 1.64. The summed E-state index contributed by atoms with van der Waals surface area (Å²) in [6, 6.07) is 13.9. The van der Waals surface area contributed by atoms with Crippen LogP contribution in [-0.4, -0.2) is 29.3 Å². The Morgan fingerprint density at radius 1 is 1.08 bits per heavy atom. The fraction of sp³-hybridized carbons (Fsp3) is 0.176. The van der Waals surface area contributed by atoms with Crippen LogP contribution in [0.3, 0.4) is 0 Å². The van der Waals surface area contributed by atoms with Gasteiger partial charge in [0.15, 0.2) is 0 Å². The van der Waals surface area contributed by atoms with Crippen molar-refractivity contribution < 1.29 is 14.5 Å². The lowest BCUT2D eigenvalue weighted by Crippen LogP contribution is -2.47.